The summed E-state index contributed by atoms with van der Waals surface area (Å²) in [5, 5.41) is 0. The maximum atomic E-state index is 13.1. The highest BCUT2D eigenvalue weighted by Crippen LogP contribution is 2.32. The van der Waals surface area contributed by atoms with Crippen LogP contribution in [-0.4, -0.2) is 44.2 Å². The van der Waals surface area contributed by atoms with Gasteiger partial charge in [0.25, 0.3) is 0 Å². The van der Waals surface area contributed by atoms with E-state index in [1.54, 1.807) is 26.0 Å². The van der Waals surface area contributed by atoms with E-state index in [2.05, 4.69) is 4.90 Å². The van der Waals surface area contributed by atoms with Gasteiger partial charge in [0.2, 0.25) is 0 Å². The van der Waals surface area contributed by atoms with Gasteiger partial charge >= 0.3 is 0 Å². The molecule has 4 nitrogen and oxygen atoms in total. The molecule has 1 aliphatic heterocycles. The summed E-state index contributed by atoms with van der Waals surface area (Å²) >= 11 is 1.63. The smallest absolute Gasteiger partial charge is 0.168 e. The van der Waals surface area contributed by atoms with Gasteiger partial charge in [-0.3, -0.25) is 9.69 Å². The zero-order valence-electron chi connectivity index (χ0n) is 16.2. The van der Waals surface area contributed by atoms with Crippen molar-refractivity contribution in [3.63, 3.8) is 0 Å². The molecule has 144 valence electrons. The van der Waals surface area contributed by atoms with Gasteiger partial charge in [-0.2, -0.15) is 0 Å². The van der Waals surface area contributed by atoms with Crippen molar-refractivity contribution in [2.45, 2.75) is 24.3 Å². The van der Waals surface area contributed by atoms with E-state index in [9.17, 15) is 4.79 Å². The Kier molecular flexibility index (Phi) is 6.80. The number of rotatable bonds is 7. The zero-order chi connectivity index (χ0) is 19.2. The number of hydrogen-bond donors (Lipinski definition) is 0. The normalized spacial score (nSPS) is 17.5. The molecule has 1 aliphatic rings. The Morgan fingerprint density at radius 1 is 1.11 bits per heavy atom. The van der Waals surface area contributed by atoms with Gasteiger partial charge in [-0.05, 0) is 43.8 Å². The molecule has 0 spiro atoms. The maximum absolute atomic E-state index is 13.1. The highest BCUT2D eigenvalue weighted by Gasteiger charge is 2.28. The predicted octanol–water partition coefficient (Wildman–Crippen LogP) is 4.52. The molecule has 0 saturated carbocycles. The first-order valence-corrected chi connectivity index (χ1v) is 10.5. The van der Waals surface area contributed by atoms with Crippen LogP contribution in [0, 0.1) is 5.92 Å². The first-order valence-electron chi connectivity index (χ1n) is 9.27. The average molecular weight is 386 g/mol. The second-order valence-corrected chi connectivity index (χ2v) is 7.63. The van der Waals surface area contributed by atoms with Gasteiger partial charge in [0.05, 0.1) is 19.8 Å². The maximum Gasteiger partial charge on any atom is 0.168 e. The SMILES string of the molecule is COc1cccc(OC)c1CN1CCC[C@@H](C(=O)c2ccccc2SC)C1. The lowest BCUT2D eigenvalue weighted by Crippen LogP contribution is -2.38. The number of ketones is 1. The molecule has 27 heavy (non-hydrogen) atoms. The fourth-order valence-electron chi connectivity index (χ4n) is 3.79. The van der Waals surface area contributed by atoms with E-state index in [0.717, 1.165) is 60.0 Å². The van der Waals surface area contributed by atoms with Crippen LogP contribution in [0.2, 0.25) is 0 Å². The molecule has 0 radical (unpaired) electrons. The van der Waals surface area contributed by atoms with Crippen LogP contribution in [0.3, 0.4) is 0 Å². The molecular formula is C22H27NO3S. The molecule has 0 unspecified atom stereocenters. The zero-order valence-corrected chi connectivity index (χ0v) is 17.1. The second-order valence-electron chi connectivity index (χ2n) is 6.78. The molecule has 1 saturated heterocycles. The van der Waals surface area contributed by atoms with Crippen molar-refractivity contribution in [3.8, 4) is 11.5 Å². The monoisotopic (exact) mass is 385 g/mol. The van der Waals surface area contributed by atoms with Crippen molar-refractivity contribution < 1.29 is 14.3 Å². The highest BCUT2D eigenvalue weighted by atomic mass is 32.2. The van der Waals surface area contributed by atoms with Gasteiger partial charge in [-0.15, -0.1) is 11.8 Å². The number of piperidine rings is 1. The van der Waals surface area contributed by atoms with Crippen LogP contribution in [0.4, 0.5) is 0 Å². The molecule has 0 aromatic heterocycles. The number of carbonyl (C=O) groups is 1. The summed E-state index contributed by atoms with van der Waals surface area (Å²) in [6, 6.07) is 13.8. The number of Topliss-reactive ketones (excluding diaryl/α,β-unsaturated/α-hetero) is 1. The Hall–Kier alpha value is -1.98. The fraction of sp³-hybridized carbons (Fsp3) is 0.409. The lowest BCUT2D eigenvalue weighted by Gasteiger charge is -2.32. The van der Waals surface area contributed by atoms with Gasteiger partial charge < -0.3 is 9.47 Å². The van der Waals surface area contributed by atoms with Crippen LogP contribution in [0.25, 0.3) is 0 Å². The number of methoxy groups -OCH3 is 2. The average Bonchev–Trinajstić information content (AvgIpc) is 2.73. The number of carbonyl (C=O) groups excluding carboxylic acids is 1. The van der Waals surface area contributed by atoms with E-state index >= 15 is 0 Å². The first-order chi connectivity index (χ1) is 13.2. The van der Waals surface area contributed by atoms with Crippen LogP contribution in [0.5, 0.6) is 11.5 Å². The third-order valence-corrected chi connectivity index (χ3v) is 5.96. The number of benzene rings is 2. The summed E-state index contributed by atoms with van der Waals surface area (Å²) in [4.78, 5) is 16.5. The van der Waals surface area contributed by atoms with Crippen LogP contribution in [0.1, 0.15) is 28.8 Å². The van der Waals surface area contributed by atoms with Crippen molar-refractivity contribution in [2.75, 3.05) is 33.6 Å². The van der Waals surface area contributed by atoms with E-state index < -0.39 is 0 Å². The third-order valence-electron chi connectivity index (χ3n) is 5.16. The molecule has 0 bridgehead atoms. The first kappa shape index (κ1) is 19.8. The Morgan fingerprint density at radius 2 is 1.81 bits per heavy atom. The Bertz CT molecular complexity index is 771. The van der Waals surface area contributed by atoms with Crippen molar-refractivity contribution in [1.29, 1.82) is 0 Å². The lowest BCUT2D eigenvalue weighted by molar-refractivity contribution is 0.0807. The van der Waals surface area contributed by atoms with Crippen molar-refractivity contribution in [2.24, 2.45) is 5.92 Å². The van der Waals surface area contributed by atoms with Crippen molar-refractivity contribution in [1.82, 2.24) is 4.90 Å². The summed E-state index contributed by atoms with van der Waals surface area (Å²) < 4.78 is 11.1. The third kappa shape index (κ3) is 4.47. The standard InChI is InChI=1S/C22H27NO3S/c1-25-19-10-6-11-20(26-2)18(19)15-23-13-7-8-16(14-23)22(24)17-9-4-5-12-21(17)27-3/h4-6,9-12,16H,7-8,13-15H2,1-3H3/t16-/m1/s1. The van der Waals surface area contributed by atoms with Crippen LogP contribution < -0.4 is 9.47 Å². The predicted molar refractivity (Wildman–Crippen MR) is 110 cm³/mol. The largest absolute Gasteiger partial charge is 0.496 e. The minimum Gasteiger partial charge on any atom is -0.496 e. The second kappa shape index (κ2) is 9.29. The van der Waals surface area contributed by atoms with E-state index in [1.807, 2.05) is 48.7 Å². The highest BCUT2D eigenvalue weighted by molar-refractivity contribution is 7.98. The summed E-state index contributed by atoms with van der Waals surface area (Å²) in [7, 11) is 3.36. The van der Waals surface area contributed by atoms with Crippen LogP contribution >= 0.6 is 11.8 Å². The fourth-order valence-corrected chi connectivity index (χ4v) is 4.39. The van der Waals surface area contributed by atoms with Gasteiger partial charge in [0.1, 0.15) is 11.5 Å². The van der Waals surface area contributed by atoms with E-state index in [-0.39, 0.29) is 11.7 Å². The number of likely N-dealkylation sites (tertiary alicyclic amines) is 1. The van der Waals surface area contributed by atoms with Crippen molar-refractivity contribution >= 4 is 17.5 Å². The molecule has 0 N–H and O–H groups in total. The summed E-state index contributed by atoms with van der Waals surface area (Å²) in [5.41, 5.74) is 1.90. The number of thioether (sulfide) groups is 1. The van der Waals surface area contributed by atoms with Gasteiger partial charge in [-0.1, -0.05) is 24.3 Å². The van der Waals surface area contributed by atoms with Crippen molar-refractivity contribution in [3.05, 3.63) is 53.6 Å². The van der Waals surface area contributed by atoms with Gasteiger partial charge in [-0.25, -0.2) is 0 Å². The molecule has 0 amide bonds. The molecule has 1 fully saturated rings. The van der Waals surface area contributed by atoms with Crippen LogP contribution in [0.15, 0.2) is 47.4 Å². The van der Waals surface area contributed by atoms with Gasteiger partial charge in [0, 0.05) is 29.5 Å². The molecule has 5 heteroatoms. The number of nitrogens with zero attached hydrogens (tertiary/aromatic N) is 1. The molecule has 1 atom stereocenters. The minimum atomic E-state index is 0.0350. The summed E-state index contributed by atoms with van der Waals surface area (Å²) in [6.45, 7) is 2.47. The molecule has 2 aromatic carbocycles. The van der Waals surface area contributed by atoms with Crippen LogP contribution in [-0.2, 0) is 6.54 Å². The topological polar surface area (TPSA) is 38.8 Å². The molecule has 2 aromatic rings. The number of ether oxygens (including phenoxy) is 2. The summed E-state index contributed by atoms with van der Waals surface area (Å²) in [5.74, 6) is 1.95. The molecule has 3 rings (SSSR count). The van der Waals surface area contributed by atoms with Gasteiger partial charge in [0.15, 0.2) is 5.78 Å². The quantitative estimate of drug-likeness (QED) is 0.517. The molecular weight excluding hydrogens is 358 g/mol. The van der Waals surface area contributed by atoms with E-state index in [1.165, 1.54) is 0 Å². The van der Waals surface area contributed by atoms with E-state index in [0.29, 0.717) is 0 Å². The Labute approximate surface area is 165 Å². The lowest BCUT2D eigenvalue weighted by atomic mass is 9.89. The summed E-state index contributed by atoms with van der Waals surface area (Å²) in [6.07, 6.45) is 3.99. The van der Waals surface area contributed by atoms with E-state index in [4.69, 9.17) is 9.47 Å². The molecule has 0 aliphatic carbocycles. The minimum absolute atomic E-state index is 0.0350. The Balaban J connectivity index is 1.76. The molecule has 1 heterocycles. The Morgan fingerprint density at radius 3 is 2.48 bits per heavy atom. The number of hydrogen-bond acceptors (Lipinski definition) is 5.